The summed E-state index contributed by atoms with van der Waals surface area (Å²) in [6, 6.07) is 8.60. The van der Waals surface area contributed by atoms with E-state index in [2.05, 4.69) is 38.7 Å². The maximum absolute atomic E-state index is 12.4. The highest BCUT2D eigenvalue weighted by atomic mass is 79.9. The molecule has 0 spiro atoms. The molecular formula is C15H20BrClN2O. The highest BCUT2D eigenvalue weighted by Gasteiger charge is 2.51. The Morgan fingerprint density at radius 2 is 2.25 bits per heavy atom. The molecule has 3 nitrogen and oxygen atoms in total. The first-order chi connectivity index (χ1) is 9.21. The third-order valence-corrected chi connectivity index (χ3v) is 4.73. The molecule has 2 aliphatic rings. The minimum atomic E-state index is -0.262. The highest BCUT2D eigenvalue weighted by Crippen LogP contribution is 2.48. The van der Waals surface area contributed by atoms with Gasteiger partial charge in [0.2, 0.25) is 5.91 Å². The molecule has 3 rings (SSSR count). The average Bonchev–Trinajstić information content (AvgIpc) is 3.06. The van der Waals surface area contributed by atoms with Crippen LogP contribution in [-0.4, -0.2) is 25.0 Å². The van der Waals surface area contributed by atoms with E-state index in [0.717, 1.165) is 36.0 Å². The van der Waals surface area contributed by atoms with Crippen molar-refractivity contribution in [1.29, 1.82) is 0 Å². The van der Waals surface area contributed by atoms with Crippen molar-refractivity contribution >= 4 is 34.2 Å². The van der Waals surface area contributed by atoms with Crippen molar-refractivity contribution in [3.8, 4) is 0 Å². The van der Waals surface area contributed by atoms with Crippen molar-refractivity contribution in [2.45, 2.75) is 37.1 Å². The van der Waals surface area contributed by atoms with Gasteiger partial charge in [0.05, 0.1) is 5.41 Å². The van der Waals surface area contributed by atoms with Gasteiger partial charge in [-0.25, -0.2) is 0 Å². The molecule has 2 N–H and O–H groups in total. The van der Waals surface area contributed by atoms with Crippen molar-refractivity contribution < 1.29 is 4.79 Å². The van der Waals surface area contributed by atoms with Crippen LogP contribution in [0.15, 0.2) is 28.7 Å². The van der Waals surface area contributed by atoms with E-state index in [4.69, 9.17) is 0 Å². The smallest absolute Gasteiger partial charge is 0.230 e. The predicted octanol–water partition coefficient (Wildman–Crippen LogP) is 2.77. The first-order valence-corrected chi connectivity index (χ1v) is 7.78. The molecule has 1 aliphatic carbocycles. The standard InChI is InChI=1S/C15H19BrN2O.ClH/c16-12-4-1-3-11(9-12)15(6-7-15)14(19)18-10-13-5-2-8-17-13;/h1,3-4,9,13,17H,2,5-8,10H2,(H,18,19);1H. The molecule has 5 heteroatoms. The Hall–Kier alpha value is -0.580. The molecule has 1 aromatic carbocycles. The molecule has 1 atom stereocenters. The second-order valence-electron chi connectivity index (χ2n) is 5.60. The first kappa shape index (κ1) is 15.8. The van der Waals surface area contributed by atoms with Gasteiger partial charge in [-0.3, -0.25) is 4.79 Å². The van der Waals surface area contributed by atoms with Crippen molar-refractivity contribution in [3.05, 3.63) is 34.3 Å². The van der Waals surface area contributed by atoms with Gasteiger partial charge in [0.1, 0.15) is 0 Å². The van der Waals surface area contributed by atoms with Crippen LogP contribution < -0.4 is 10.6 Å². The molecule has 1 amide bonds. The fourth-order valence-electron chi connectivity index (χ4n) is 2.87. The lowest BCUT2D eigenvalue weighted by Gasteiger charge is -2.18. The van der Waals surface area contributed by atoms with E-state index >= 15 is 0 Å². The Morgan fingerprint density at radius 3 is 2.85 bits per heavy atom. The van der Waals surface area contributed by atoms with Crippen LogP contribution in [0.1, 0.15) is 31.2 Å². The highest BCUT2D eigenvalue weighted by molar-refractivity contribution is 9.10. The lowest BCUT2D eigenvalue weighted by atomic mass is 9.95. The largest absolute Gasteiger partial charge is 0.354 e. The summed E-state index contributed by atoms with van der Waals surface area (Å²) in [5.74, 6) is 0.194. The molecule has 1 aliphatic heterocycles. The van der Waals surface area contributed by atoms with Gasteiger partial charge in [-0.2, -0.15) is 0 Å². The molecule has 1 heterocycles. The number of nitrogens with one attached hydrogen (secondary N) is 2. The van der Waals surface area contributed by atoms with E-state index in [-0.39, 0.29) is 23.7 Å². The van der Waals surface area contributed by atoms with Crippen LogP contribution >= 0.6 is 28.3 Å². The van der Waals surface area contributed by atoms with Crippen molar-refractivity contribution in [2.75, 3.05) is 13.1 Å². The Balaban J connectivity index is 0.00000147. The normalized spacial score (nSPS) is 22.9. The van der Waals surface area contributed by atoms with Crippen LogP contribution in [0.2, 0.25) is 0 Å². The Bertz CT molecular complexity index is 485. The van der Waals surface area contributed by atoms with Crippen LogP contribution in [0.25, 0.3) is 0 Å². The zero-order chi connectivity index (χ0) is 13.3. The molecule has 110 valence electrons. The number of amides is 1. The second-order valence-corrected chi connectivity index (χ2v) is 6.51. The molecule has 20 heavy (non-hydrogen) atoms. The van der Waals surface area contributed by atoms with E-state index in [9.17, 15) is 4.79 Å². The zero-order valence-electron chi connectivity index (χ0n) is 11.3. The van der Waals surface area contributed by atoms with Crippen molar-refractivity contribution in [1.82, 2.24) is 10.6 Å². The Labute approximate surface area is 134 Å². The maximum atomic E-state index is 12.4. The fraction of sp³-hybridized carbons (Fsp3) is 0.533. The summed E-state index contributed by atoms with van der Waals surface area (Å²) in [4.78, 5) is 12.4. The summed E-state index contributed by atoms with van der Waals surface area (Å²) in [6.07, 6.45) is 4.32. The predicted molar refractivity (Wildman–Crippen MR) is 86.3 cm³/mol. The van der Waals surface area contributed by atoms with E-state index in [1.807, 2.05) is 12.1 Å². The monoisotopic (exact) mass is 358 g/mol. The summed E-state index contributed by atoms with van der Waals surface area (Å²) in [5, 5.41) is 6.54. The summed E-state index contributed by atoms with van der Waals surface area (Å²) in [6.45, 7) is 1.84. The van der Waals surface area contributed by atoms with Crippen molar-refractivity contribution in [3.63, 3.8) is 0 Å². The zero-order valence-corrected chi connectivity index (χ0v) is 13.7. The molecule has 0 aromatic heterocycles. The first-order valence-electron chi connectivity index (χ1n) is 6.98. The van der Waals surface area contributed by atoms with E-state index in [1.165, 1.54) is 12.8 Å². The number of rotatable bonds is 4. The average molecular weight is 360 g/mol. The van der Waals surface area contributed by atoms with Gasteiger partial charge < -0.3 is 10.6 Å². The lowest BCUT2D eigenvalue weighted by Crippen LogP contribution is -2.42. The lowest BCUT2D eigenvalue weighted by molar-refractivity contribution is -0.123. The Morgan fingerprint density at radius 1 is 1.45 bits per heavy atom. The van der Waals surface area contributed by atoms with Gasteiger partial charge in [-0.1, -0.05) is 28.1 Å². The molecule has 0 radical (unpaired) electrons. The van der Waals surface area contributed by atoms with E-state index in [1.54, 1.807) is 0 Å². The van der Waals surface area contributed by atoms with Gasteiger partial charge in [-0.05, 0) is 49.9 Å². The van der Waals surface area contributed by atoms with Gasteiger partial charge >= 0.3 is 0 Å². The fourth-order valence-corrected chi connectivity index (χ4v) is 3.27. The second kappa shape index (κ2) is 6.46. The molecule has 1 saturated carbocycles. The maximum Gasteiger partial charge on any atom is 0.230 e. The van der Waals surface area contributed by atoms with Crippen molar-refractivity contribution in [2.24, 2.45) is 0 Å². The summed E-state index contributed by atoms with van der Waals surface area (Å²) in [7, 11) is 0. The van der Waals surface area contributed by atoms with Gasteiger partial charge in [-0.15, -0.1) is 12.4 Å². The molecule has 1 aromatic rings. The molecule has 0 bridgehead atoms. The Kier molecular flexibility index (Phi) is 5.10. The molecule has 1 saturated heterocycles. The number of hydrogen-bond acceptors (Lipinski definition) is 2. The third-order valence-electron chi connectivity index (χ3n) is 4.23. The van der Waals surface area contributed by atoms with Gasteiger partial charge in [0.15, 0.2) is 0 Å². The van der Waals surface area contributed by atoms with Crippen LogP contribution in [0.3, 0.4) is 0 Å². The number of hydrogen-bond donors (Lipinski definition) is 2. The van der Waals surface area contributed by atoms with Crippen LogP contribution in [0.4, 0.5) is 0 Å². The minimum Gasteiger partial charge on any atom is -0.354 e. The molecular weight excluding hydrogens is 340 g/mol. The SMILES string of the molecule is Cl.O=C(NCC1CCCN1)C1(c2cccc(Br)c2)CC1. The topological polar surface area (TPSA) is 41.1 Å². The number of carbonyl (C=O) groups is 1. The number of carbonyl (C=O) groups excluding carboxylic acids is 1. The van der Waals surface area contributed by atoms with E-state index < -0.39 is 0 Å². The van der Waals surface area contributed by atoms with Crippen LogP contribution in [0, 0.1) is 0 Å². The van der Waals surface area contributed by atoms with E-state index in [0.29, 0.717) is 6.04 Å². The van der Waals surface area contributed by atoms with Gasteiger partial charge in [0, 0.05) is 17.1 Å². The summed E-state index contributed by atoms with van der Waals surface area (Å²) >= 11 is 3.48. The summed E-state index contributed by atoms with van der Waals surface area (Å²) < 4.78 is 1.04. The van der Waals surface area contributed by atoms with Gasteiger partial charge in [0.25, 0.3) is 0 Å². The molecule has 1 unspecified atom stereocenters. The number of halogens is 2. The minimum absolute atomic E-state index is 0. The molecule has 2 fully saturated rings. The van der Waals surface area contributed by atoms with Crippen LogP contribution in [0.5, 0.6) is 0 Å². The number of benzene rings is 1. The third kappa shape index (κ3) is 3.18. The van der Waals surface area contributed by atoms with Crippen LogP contribution in [-0.2, 0) is 10.2 Å². The summed E-state index contributed by atoms with van der Waals surface area (Å²) in [5.41, 5.74) is 0.876. The quantitative estimate of drug-likeness (QED) is 0.868.